The number of anilines is 2. The molecule has 0 bridgehead atoms. The fourth-order valence-corrected chi connectivity index (χ4v) is 2.68. The van der Waals surface area contributed by atoms with Crippen LogP contribution in [0.15, 0.2) is 36.7 Å². The number of hydrogen-bond acceptors (Lipinski definition) is 4. The summed E-state index contributed by atoms with van der Waals surface area (Å²) in [6, 6.07) is 4.03. The van der Waals surface area contributed by atoms with Crippen LogP contribution in [0.4, 0.5) is 29.3 Å². The van der Waals surface area contributed by atoms with Crippen molar-refractivity contribution in [2.75, 3.05) is 10.6 Å². The number of carbonyl (C=O) groups excluding carboxylic acids is 1. The summed E-state index contributed by atoms with van der Waals surface area (Å²) < 4.78 is 42.4. The van der Waals surface area contributed by atoms with E-state index in [4.69, 9.17) is 11.6 Å². The summed E-state index contributed by atoms with van der Waals surface area (Å²) in [5.74, 6) is 0. The van der Waals surface area contributed by atoms with Gasteiger partial charge in [0.2, 0.25) is 0 Å². The molecule has 0 aliphatic rings. The third kappa shape index (κ3) is 3.41. The van der Waals surface area contributed by atoms with E-state index in [-0.39, 0.29) is 5.52 Å². The summed E-state index contributed by atoms with van der Waals surface area (Å²) in [7, 11) is 0. The summed E-state index contributed by atoms with van der Waals surface area (Å²) in [4.78, 5) is 15.9. The Morgan fingerprint density at radius 3 is 2.58 bits per heavy atom. The SMILES string of the molecule is O=C(Nc1cnsc1Cl)Nc1ccnc2cc(C(F)(F)F)ccc12. The van der Waals surface area contributed by atoms with Gasteiger partial charge in [-0.15, -0.1) is 0 Å². The third-order valence-corrected chi connectivity index (χ3v) is 4.09. The van der Waals surface area contributed by atoms with E-state index in [1.54, 1.807) is 0 Å². The predicted molar refractivity (Wildman–Crippen MR) is 86.5 cm³/mol. The van der Waals surface area contributed by atoms with E-state index in [1.807, 2.05) is 0 Å². The minimum atomic E-state index is -4.46. The Labute approximate surface area is 142 Å². The molecule has 0 saturated carbocycles. The minimum Gasteiger partial charge on any atom is -0.307 e. The second-order valence-corrected chi connectivity index (χ2v) is 6.08. The third-order valence-electron chi connectivity index (χ3n) is 3.09. The average molecular weight is 373 g/mol. The van der Waals surface area contributed by atoms with Crippen molar-refractivity contribution >= 4 is 51.4 Å². The van der Waals surface area contributed by atoms with E-state index in [2.05, 4.69) is 20.0 Å². The molecule has 2 amide bonds. The molecule has 5 nitrogen and oxygen atoms in total. The maximum absolute atomic E-state index is 12.8. The fraction of sp³-hybridized carbons (Fsp3) is 0.0714. The lowest BCUT2D eigenvalue weighted by molar-refractivity contribution is -0.137. The highest BCUT2D eigenvalue weighted by molar-refractivity contribution is 7.11. The van der Waals surface area contributed by atoms with Gasteiger partial charge in [-0.25, -0.2) is 4.79 Å². The number of benzene rings is 1. The molecular weight excluding hydrogens is 365 g/mol. The van der Waals surface area contributed by atoms with Gasteiger partial charge < -0.3 is 10.6 Å². The summed E-state index contributed by atoms with van der Waals surface area (Å²) in [5, 5.41) is 5.44. The topological polar surface area (TPSA) is 66.9 Å². The minimum absolute atomic E-state index is 0.123. The molecule has 3 aromatic rings. The van der Waals surface area contributed by atoms with E-state index in [9.17, 15) is 18.0 Å². The first-order valence-corrected chi connectivity index (χ1v) is 7.64. The van der Waals surface area contributed by atoms with Gasteiger partial charge in [0.1, 0.15) is 4.34 Å². The molecular formula is C14H8ClF3N4OS. The van der Waals surface area contributed by atoms with E-state index in [0.29, 0.717) is 21.1 Å². The molecule has 2 N–H and O–H groups in total. The van der Waals surface area contributed by atoms with E-state index in [1.165, 1.54) is 24.5 Å². The molecule has 2 aromatic heterocycles. The van der Waals surface area contributed by atoms with Gasteiger partial charge in [-0.2, -0.15) is 17.5 Å². The average Bonchev–Trinajstić information content (AvgIpc) is 2.91. The van der Waals surface area contributed by atoms with Crippen molar-refractivity contribution < 1.29 is 18.0 Å². The lowest BCUT2D eigenvalue weighted by Gasteiger charge is -2.11. The van der Waals surface area contributed by atoms with Crippen LogP contribution >= 0.6 is 23.1 Å². The Hall–Kier alpha value is -2.39. The van der Waals surface area contributed by atoms with Gasteiger partial charge in [0, 0.05) is 11.6 Å². The van der Waals surface area contributed by atoms with Crippen LogP contribution < -0.4 is 10.6 Å². The fourth-order valence-electron chi connectivity index (χ4n) is 2.02. The molecule has 0 atom stereocenters. The van der Waals surface area contributed by atoms with Gasteiger partial charge in [-0.1, -0.05) is 17.7 Å². The van der Waals surface area contributed by atoms with Crippen LogP contribution in [-0.4, -0.2) is 15.4 Å². The van der Waals surface area contributed by atoms with Crippen molar-refractivity contribution in [1.82, 2.24) is 9.36 Å². The van der Waals surface area contributed by atoms with Crippen LogP contribution in [0.1, 0.15) is 5.56 Å². The maximum atomic E-state index is 12.8. The number of urea groups is 1. The zero-order chi connectivity index (χ0) is 17.3. The quantitative estimate of drug-likeness (QED) is 0.664. The first-order valence-electron chi connectivity index (χ1n) is 6.49. The van der Waals surface area contributed by atoms with Gasteiger partial charge in [0.15, 0.2) is 0 Å². The normalized spacial score (nSPS) is 11.5. The number of nitrogens with one attached hydrogen (secondary N) is 2. The lowest BCUT2D eigenvalue weighted by Crippen LogP contribution is -2.19. The molecule has 10 heteroatoms. The molecule has 0 fully saturated rings. The summed E-state index contributed by atoms with van der Waals surface area (Å²) >= 11 is 6.85. The molecule has 0 unspecified atom stereocenters. The number of nitrogens with zero attached hydrogens (tertiary/aromatic N) is 2. The smallest absolute Gasteiger partial charge is 0.307 e. The summed E-state index contributed by atoms with van der Waals surface area (Å²) in [6.45, 7) is 0. The van der Waals surface area contributed by atoms with Crippen LogP contribution in [0.2, 0.25) is 4.34 Å². The number of amides is 2. The number of rotatable bonds is 2. The van der Waals surface area contributed by atoms with E-state index in [0.717, 1.165) is 23.7 Å². The number of aromatic nitrogens is 2. The maximum Gasteiger partial charge on any atom is 0.416 e. The Morgan fingerprint density at radius 1 is 1.17 bits per heavy atom. The van der Waals surface area contributed by atoms with Gasteiger partial charge in [0.05, 0.1) is 28.7 Å². The first kappa shape index (κ1) is 16.5. The monoisotopic (exact) mass is 372 g/mol. The molecule has 0 aliphatic carbocycles. The molecule has 0 radical (unpaired) electrons. The number of hydrogen-bond donors (Lipinski definition) is 2. The lowest BCUT2D eigenvalue weighted by atomic mass is 10.1. The van der Waals surface area contributed by atoms with Crippen LogP contribution in [-0.2, 0) is 6.18 Å². The highest BCUT2D eigenvalue weighted by Gasteiger charge is 2.30. The number of fused-ring (bicyclic) bond motifs is 1. The Balaban J connectivity index is 1.87. The van der Waals surface area contributed by atoms with Gasteiger partial charge in [-0.05, 0) is 29.7 Å². The molecule has 0 spiro atoms. The zero-order valence-electron chi connectivity index (χ0n) is 11.7. The molecule has 24 heavy (non-hydrogen) atoms. The Morgan fingerprint density at radius 2 is 1.92 bits per heavy atom. The van der Waals surface area contributed by atoms with E-state index >= 15 is 0 Å². The molecule has 2 heterocycles. The van der Waals surface area contributed by atoms with Crippen LogP contribution in [0.3, 0.4) is 0 Å². The number of pyridine rings is 1. The second kappa shape index (κ2) is 6.25. The number of carbonyl (C=O) groups is 1. The highest BCUT2D eigenvalue weighted by atomic mass is 35.5. The predicted octanol–water partition coefficient (Wildman–Crippen LogP) is 5.01. The zero-order valence-corrected chi connectivity index (χ0v) is 13.3. The highest BCUT2D eigenvalue weighted by Crippen LogP contribution is 2.32. The molecule has 124 valence electrons. The molecule has 0 saturated heterocycles. The van der Waals surface area contributed by atoms with Crippen molar-refractivity contribution in [3.05, 3.63) is 46.6 Å². The molecule has 1 aromatic carbocycles. The van der Waals surface area contributed by atoms with Gasteiger partial charge >= 0.3 is 12.2 Å². The van der Waals surface area contributed by atoms with Crippen molar-refractivity contribution in [2.45, 2.75) is 6.18 Å². The van der Waals surface area contributed by atoms with Crippen LogP contribution in [0.5, 0.6) is 0 Å². The Bertz CT molecular complexity index is 912. The second-order valence-electron chi connectivity index (χ2n) is 4.68. The Kier molecular flexibility index (Phi) is 4.29. The van der Waals surface area contributed by atoms with Crippen molar-refractivity contribution in [3.8, 4) is 0 Å². The van der Waals surface area contributed by atoms with Crippen molar-refractivity contribution in [3.63, 3.8) is 0 Å². The van der Waals surface area contributed by atoms with Gasteiger partial charge in [0.25, 0.3) is 0 Å². The van der Waals surface area contributed by atoms with Crippen molar-refractivity contribution in [1.29, 1.82) is 0 Å². The molecule has 3 rings (SSSR count). The number of halogens is 4. The number of alkyl halides is 3. The molecule has 0 aliphatic heterocycles. The van der Waals surface area contributed by atoms with E-state index < -0.39 is 17.8 Å². The standard InChI is InChI=1S/C14H8ClF3N4OS/c15-12-11(6-20-24-12)22-13(23)21-9-3-4-19-10-5-7(14(16,17)18)1-2-8(9)10/h1-6H,(H2,19,21,22,23). The summed E-state index contributed by atoms with van der Waals surface area (Å²) in [6.07, 6.45) is -1.75. The largest absolute Gasteiger partial charge is 0.416 e. The van der Waals surface area contributed by atoms with Crippen LogP contribution in [0, 0.1) is 0 Å². The van der Waals surface area contributed by atoms with Gasteiger partial charge in [-0.3, -0.25) is 4.98 Å². The first-order chi connectivity index (χ1) is 11.3. The van der Waals surface area contributed by atoms with Crippen molar-refractivity contribution in [2.24, 2.45) is 0 Å². The summed E-state index contributed by atoms with van der Waals surface area (Å²) in [5.41, 5.74) is -0.0134. The van der Waals surface area contributed by atoms with Crippen LogP contribution in [0.25, 0.3) is 10.9 Å².